The van der Waals surface area contributed by atoms with E-state index >= 15 is 0 Å². The zero-order valence-corrected chi connectivity index (χ0v) is 17.6. The maximum absolute atomic E-state index is 12.8. The summed E-state index contributed by atoms with van der Waals surface area (Å²) < 4.78 is 5.14. The quantitative estimate of drug-likeness (QED) is 0.533. The number of carbonyl (C=O) groups excluding carboxylic acids is 3. The van der Waals surface area contributed by atoms with E-state index in [-0.39, 0.29) is 30.4 Å². The predicted molar refractivity (Wildman–Crippen MR) is 116 cm³/mol. The summed E-state index contributed by atoms with van der Waals surface area (Å²) in [6.07, 6.45) is 0.197. The van der Waals surface area contributed by atoms with E-state index in [1.54, 1.807) is 26.0 Å². The number of hydrogen-bond acceptors (Lipinski definition) is 6. The van der Waals surface area contributed by atoms with Crippen LogP contribution in [-0.4, -0.2) is 24.4 Å². The van der Waals surface area contributed by atoms with Crippen LogP contribution in [0.1, 0.15) is 37.4 Å². The number of hydrogen-bond donors (Lipinski definition) is 2. The number of anilines is 2. The molecule has 0 radical (unpaired) electrons. The molecular formula is C21H20N2O4S2. The van der Waals surface area contributed by atoms with Crippen LogP contribution >= 0.6 is 22.7 Å². The van der Waals surface area contributed by atoms with Gasteiger partial charge in [-0.2, -0.15) is 0 Å². The molecule has 150 valence electrons. The molecule has 2 N–H and O–H groups in total. The highest BCUT2D eigenvalue weighted by Gasteiger charge is 2.26. The third-order valence-electron chi connectivity index (χ3n) is 4.03. The van der Waals surface area contributed by atoms with Crippen LogP contribution in [0.15, 0.2) is 47.8 Å². The summed E-state index contributed by atoms with van der Waals surface area (Å²) in [5, 5.41) is 7.80. The molecule has 0 fully saturated rings. The van der Waals surface area contributed by atoms with E-state index in [0.29, 0.717) is 21.1 Å². The minimum atomic E-state index is -0.563. The van der Waals surface area contributed by atoms with Gasteiger partial charge in [0.1, 0.15) is 5.00 Å². The first kappa shape index (κ1) is 20.8. The fourth-order valence-electron chi connectivity index (χ4n) is 2.72. The number of carbonyl (C=O) groups is 3. The summed E-state index contributed by atoms with van der Waals surface area (Å²) in [7, 11) is 0. The molecule has 0 saturated heterocycles. The molecule has 8 heteroatoms. The van der Waals surface area contributed by atoms with Crippen molar-refractivity contribution < 1.29 is 19.1 Å². The van der Waals surface area contributed by atoms with Crippen molar-refractivity contribution in [1.82, 2.24) is 0 Å². The molecule has 2 heterocycles. The van der Waals surface area contributed by atoms with Gasteiger partial charge >= 0.3 is 5.97 Å². The van der Waals surface area contributed by atoms with Crippen molar-refractivity contribution in [3.8, 4) is 0 Å². The molecule has 0 aliphatic rings. The highest BCUT2D eigenvalue weighted by Crippen LogP contribution is 2.34. The molecule has 0 aliphatic heterocycles. The normalized spacial score (nSPS) is 10.4. The molecule has 29 heavy (non-hydrogen) atoms. The van der Waals surface area contributed by atoms with E-state index in [0.717, 1.165) is 16.2 Å². The lowest BCUT2D eigenvalue weighted by Crippen LogP contribution is -2.16. The topological polar surface area (TPSA) is 84.5 Å². The minimum Gasteiger partial charge on any atom is -0.462 e. The van der Waals surface area contributed by atoms with Crippen LogP contribution in [-0.2, 0) is 16.0 Å². The van der Waals surface area contributed by atoms with Gasteiger partial charge in [-0.15, -0.1) is 22.7 Å². The number of nitrogens with one attached hydrogen (secondary N) is 2. The Kier molecular flexibility index (Phi) is 6.79. The Morgan fingerprint density at radius 2 is 1.79 bits per heavy atom. The van der Waals surface area contributed by atoms with Gasteiger partial charge < -0.3 is 15.4 Å². The number of benzene rings is 1. The fourth-order valence-corrected chi connectivity index (χ4v) is 4.53. The zero-order chi connectivity index (χ0) is 20.8. The van der Waals surface area contributed by atoms with Crippen LogP contribution in [0.5, 0.6) is 0 Å². The molecule has 0 aliphatic carbocycles. The summed E-state index contributed by atoms with van der Waals surface area (Å²) in [6, 6.07) is 12.8. The number of amides is 2. The lowest BCUT2D eigenvalue weighted by atomic mass is 10.1. The predicted octanol–water partition coefficient (Wildman–Crippen LogP) is 4.73. The Morgan fingerprint density at radius 3 is 2.45 bits per heavy atom. The van der Waals surface area contributed by atoms with Crippen molar-refractivity contribution in [2.24, 2.45) is 0 Å². The summed E-state index contributed by atoms with van der Waals surface area (Å²) >= 11 is 2.55. The molecule has 0 bridgehead atoms. The summed E-state index contributed by atoms with van der Waals surface area (Å²) in [4.78, 5) is 38.9. The van der Waals surface area contributed by atoms with E-state index in [1.165, 1.54) is 11.3 Å². The first-order valence-electron chi connectivity index (χ1n) is 8.98. The molecule has 6 nitrogen and oxygen atoms in total. The Bertz CT molecular complexity index is 1010. The van der Waals surface area contributed by atoms with Crippen molar-refractivity contribution in [2.75, 3.05) is 17.2 Å². The molecule has 3 rings (SSSR count). The number of rotatable bonds is 7. The second-order valence-electron chi connectivity index (χ2n) is 6.11. The van der Waals surface area contributed by atoms with Gasteiger partial charge in [0.05, 0.1) is 23.5 Å². The van der Waals surface area contributed by atoms with Gasteiger partial charge in [-0.05, 0) is 43.0 Å². The van der Waals surface area contributed by atoms with E-state index in [2.05, 4.69) is 10.6 Å². The van der Waals surface area contributed by atoms with Crippen molar-refractivity contribution in [3.63, 3.8) is 0 Å². The third-order valence-corrected chi connectivity index (χ3v) is 6.11. The van der Waals surface area contributed by atoms with Gasteiger partial charge in [0.25, 0.3) is 5.91 Å². The SMILES string of the molecule is CCOC(=O)c1c(NC(=O)Cc2cccs2)sc(C(=O)Nc2ccccc2)c1C. The molecule has 0 unspecified atom stereocenters. The zero-order valence-electron chi connectivity index (χ0n) is 16.0. The van der Waals surface area contributed by atoms with Gasteiger partial charge in [-0.25, -0.2) is 4.79 Å². The van der Waals surface area contributed by atoms with Crippen LogP contribution in [0.3, 0.4) is 0 Å². The maximum atomic E-state index is 12.8. The van der Waals surface area contributed by atoms with Gasteiger partial charge in [0.2, 0.25) is 5.91 Å². The highest BCUT2D eigenvalue weighted by atomic mass is 32.1. The Hall–Kier alpha value is -2.97. The van der Waals surface area contributed by atoms with Crippen molar-refractivity contribution in [3.05, 3.63) is 68.7 Å². The maximum Gasteiger partial charge on any atom is 0.341 e. The largest absolute Gasteiger partial charge is 0.462 e. The Labute approximate surface area is 176 Å². The van der Waals surface area contributed by atoms with Crippen LogP contribution in [0.4, 0.5) is 10.7 Å². The van der Waals surface area contributed by atoms with Crippen molar-refractivity contribution in [2.45, 2.75) is 20.3 Å². The monoisotopic (exact) mass is 428 g/mol. The van der Waals surface area contributed by atoms with Crippen LogP contribution in [0.25, 0.3) is 0 Å². The van der Waals surface area contributed by atoms with Crippen LogP contribution in [0.2, 0.25) is 0 Å². The van der Waals surface area contributed by atoms with Crippen molar-refractivity contribution in [1.29, 1.82) is 0 Å². The molecular weight excluding hydrogens is 408 g/mol. The molecule has 0 spiro atoms. The number of ether oxygens (including phenoxy) is 1. The van der Waals surface area contributed by atoms with Gasteiger partial charge in [0, 0.05) is 10.6 Å². The Morgan fingerprint density at radius 1 is 1.03 bits per heavy atom. The molecule has 3 aromatic rings. The Balaban J connectivity index is 1.87. The average molecular weight is 429 g/mol. The molecule has 2 amide bonds. The van der Waals surface area contributed by atoms with Crippen LogP contribution < -0.4 is 10.6 Å². The standard InChI is InChI=1S/C21H20N2O4S2/c1-3-27-21(26)17-13(2)18(19(25)22-14-8-5-4-6-9-14)29-20(17)23-16(24)12-15-10-7-11-28-15/h4-11H,3,12H2,1-2H3,(H,22,25)(H,23,24). The van der Waals surface area contributed by atoms with E-state index in [9.17, 15) is 14.4 Å². The lowest BCUT2D eigenvalue weighted by molar-refractivity contribution is -0.115. The van der Waals surface area contributed by atoms with Gasteiger partial charge in [-0.1, -0.05) is 24.3 Å². The average Bonchev–Trinajstić information content (AvgIpc) is 3.30. The number of para-hydroxylation sites is 1. The van der Waals surface area contributed by atoms with Gasteiger partial charge in [0.15, 0.2) is 0 Å². The second-order valence-corrected chi connectivity index (χ2v) is 8.16. The summed E-state index contributed by atoms with van der Waals surface area (Å²) in [6.45, 7) is 3.58. The first-order valence-corrected chi connectivity index (χ1v) is 10.7. The molecule has 0 atom stereocenters. The third kappa shape index (κ3) is 5.10. The molecule has 1 aromatic carbocycles. The lowest BCUT2D eigenvalue weighted by Gasteiger charge is -2.06. The van der Waals surface area contributed by atoms with Crippen LogP contribution in [0, 0.1) is 6.92 Å². The summed E-state index contributed by atoms with van der Waals surface area (Å²) in [5.41, 5.74) is 1.34. The highest BCUT2D eigenvalue weighted by molar-refractivity contribution is 7.19. The molecule has 2 aromatic heterocycles. The van der Waals surface area contributed by atoms with E-state index in [1.807, 2.05) is 35.7 Å². The smallest absolute Gasteiger partial charge is 0.341 e. The minimum absolute atomic E-state index is 0.197. The van der Waals surface area contributed by atoms with E-state index in [4.69, 9.17) is 4.74 Å². The first-order chi connectivity index (χ1) is 14.0. The fraction of sp³-hybridized carbons (Fsp3) is 0.190. The van der Waals surface area contributed by atoms with Crippen molar-refractivity contribution >= 4 is 51.1 Å². The summed E-state index contributed by atoms with van der Waals surface area (Å²) in [5.74, 6) is -1.16. The number of thiophene rings is 2. The second kappa shape index (κ2) is 9.49. The number of esters is 1. The van der Waals surface area contributed by atoms with E-state index < -0.39 is 5.97 Å². The molecule has 0 saturated carbocycles. The van der Waals surface area contributed by atoms with Gasteiger partial charge in [-0.3, -0.25) is 9.59 Å².